The van der Waals surface area contributed by atoms with Crippen LogP contribution in [0, 0.1) is 0 Å². The van der Waals surface area contributed by atoms with Crippen LogP contribution in [0.5, 0.6) is 5.75 Å². The average molecular weight is 224 g/mol. The average Bonchev–Trinajstić information content (AvgIpc) is 2.25. The molecule has 1 aromatic rings. The zero-order valence-electron chi connectivity index (χ0n) is 8.69. The van der Waals surface area contributed by atoms with Crippen LogP contribution in [-0.4, -0.2) is 30.6 Å². The van der Waals surface area contributed by atoms with E-state index in [2.05, 4.69) is 5.32 Å². The zero-order chi connectivity index (χ0) is 12.1. The van der Waals surface area contributed by atoms with E-state index in [1.165, 1.54) is 19.2 Å². The molecule has 86 valence electrons. The van der Waals surface area contributed by atoms with Crippen LogP contribution >= 0.6 is 0 Å². The number of rotatable bonds is 4. The Morgan fingerprint density at radius 3 is 2.69 bits per heavy atom. The third-order valence-electron chi connectivity index (χ3n) is 1.90. The summed E-state index contributed by atoms with van der Waals surface area (Å²) in [5.41, 5.74) is 6.08. The summed E-state index contributed by atoms with van der Waals surface area (Å²) in [5.74, 6) is -1.10. The van der Waals surface area contributed by atoms with Crippen molar-refractivity contribution in [1.82, 2.24) is 5.32 Å². The van der Waals surface area contributed by atoms with Gasteiger partial charge in [0.25, 0.3) is 5.91 Å². The molecule has 0 spiro atoms. The van der Waals surface area contributed by atoms with E-state index in [0.717, 1.165) is 0 Å². The summed E-state index contributed by atoms with van der Waals surface area (Å²) in [6, 6.07) is 4.55. The number of nitrogens with one attached hydrogen (secondary N) is 1. The lowest BCUT2D eigenvalue weighted by Gasteiger charge is -2.07. The van der Waals surface area contributed by atoms with E-state index >= 15 is 0 Å². The number of carbonyl (C=O) groups excluding carboxylic acids is 1. The topological polar surface area (TPSA) is 102 Å². The van der Waals surface area contributed by atoms with Gasteiger partial charge in [0.15, 0.2) is 0 Å². The number of methoxy groups -OCH3 is 1. The molecule has 1 amide bonds. The molecule has 0 heterocycles. The highest BCUT2D eigenvalue weighted by Crippen LogP contribution is 2.19. The molecule has 1 aromatic carbocycles. The first-order chi connectivity index (χ1) is 7.54. The maximum absolute atomic E-state index is 11.5. The highest BCUT2D eigenvalue weighted by atomic mass is 16.5. The van der Waals surface area contributed by atoms with E-state index in [1.807, 2.05) is 0 Å². The second kappa shape index (κ2) is 5.01. The number of aliphatic carboxylic acids is 1. The summed E-state index contributed by atoms with van der Waals surface area (Å²) in [4.78, 5) is 21.7. The van der Waals surface area contributed by atoms with Crippen LogP contribution in [0.2, 0.25) is 0 Å². The number of carboxylic acids is 1. The molecule has 1 rings (SSSR count). The lowest BCUT2D eigenvalue weighted by Crippen LogP contribution is -2.29. The van der Waals surface area contributed by atoms with Crippen LogP contribution in [0.25, 0.3) is 0 Å². The predicted molar refractivity (Wildman–Crippen MR) is 57.4 cm³/mol. The number of carbonyl (C=O) groups is 2. The number of amides is 1. The molecule has 0 saturated heterocycles. The van der Waals surface area contributed by atoms with Gasteiger partial charge in [-0.05, 0) is 12.1 Å². The van der Waals surface area contributed by atoms with Crippen molar-refractivity contribution in [3.8, 4) is 5.75 Å². The summed E-state index contributed by atoms with van der Waals surface area (Å²) < 4.78 is 4.92. The molecule has 0 aliphatic carbocycles. The van der Waals surface area contributed by atoms with Gasteiger partial charge in [0, 0.05) is 11.8 Å². The molecule has 0 fully saturated rings. The fraction of sp³-hybridized carbons (Fsp3) is 0.200. The summed E-state index contributed by atoms with van der Waals surface area (Å²) >= 11 is 0. The maximum atomic E-state index is 11.5. The Bertz CT molecular complexity index is 417. The van der Waals surface area contributed by atoms with Crippen LogP contribution in [-0.2, 0) is 4.79 Å². The minimum Gasteiger partial charge on any atom is -0.497 e. The van der Waals surface area contributed by atoms with Crippen LogP contribution in [0.3, 0.4) is 0 Å². The number of anilines is 1. The summed E-state index contributed by atoms with van der Waals surface area (Å²) in [5, 5.41) is 10.6. The Kier molecular flexibility index (Phi) is 3.71. The van der Waals surface area contributed by atoms with E-state index in [9.17, 15) is 9.59 Å². The predicted octanol–water partition coefficient (Wildman–Crippen LogP) is 0.0918. The van der Waals surface area contributed by atoms with Crippen molar-refractivity contribution in [2.45, 2.75) is 0 Å². The van der Waals surface area contributed by atoms with E-state index < -0.39 is 18.4 Å². The quantitative estimate of drug-likeness (QED) is 0.629. The van der Waals surface area contributed by atoms with Crippen LogP contribution in [0.4, 0.5) is 5.69 Å². The lowest BCUT2D eigenvalue weighted by molar-refractivity contribution is -0.135. The number of ether oxygens (including phenoxy) is 1. The molecule has 0 aliphatic heterocycles. The van der Waals surface area contributed by atoms with Gasteiger partial charge in [-0.2, -0.15) is 0 Å². The van der Waals surface area contributed by atoms with Crippen molar-refractivity contribution in [3.05, 3.63) is 23.8 Å². The number of hydrogen-bond acceptors (Lipinski definition) is 4. The molecule has 4 N–H and O–H groups in total. The first-order valence-electron chi connectivity index (χ1n) is 4.48. The number of nitrogens with two attached hydrogens (primary N) is 1. The SMILES string of the molecule is COc1ccc(C(=O)NCC(=O)O)c(N)c1. The first kappa shape index (κ1) is 11.8. The minimum atomic E-state index is -1.11. The zero-order valence-corrected chi connectivity index (χ0v) is 8.69. The van der Waals surface area contributed by atoms with Crippen molar-refractivity contribution in [3.63, 3.8) is 0 Å². The number of benzene rings is 1. The second-order valence-corrected chi connectivity index (χ2v) is 3.03. The van der Waals surface area contributed by atoms with Crippen LogP contribution < -0.4 is 15.8 Å². The number of hydrogen-bond donors (Lipinski definition) is 3. The normalized spacial score (nSPS) is 9.56. The molecule has 0 saturated carbocycles. The van der Waals surface area contributed by atoms with E-state index in [1.54, 1.807) is 6.07 Å². The van der Waals surface area contributed by atoms with Crippen molar-refractivity contribution < 1.29 is 19.4 Å². The second-order valence-electron chi connectivity index (χ2n) is 3.03. The Morgan fingerprint density at radius 1 is 1.50 bits per heavy atom. The fourth-order valence-electron chi connectivity index (χ4n) is 1.13. The van der Waals surface area contributed by atoms with E-state index in [-0.39, 0.29) is 11.3 Å². The lowest BCUT2D eigenvalue weighted by atomic mass is 10.1. The van der Waals surface area contributed by atoms with Gasteiger partial charge in [0.2, 0.25) is 0 Å². The van der Waals surface area contributed by atoms with Gasteiger partial charge in [-0.3, -0.25) is 9.59 Å². The molecular weight excluding hydrogens is 212 g/mol. The van der Waals surface area contributed by atoms with Gasteiger partial charge < -0.3 is 20.9 Å². The van der Waals surface area contributed by atoms with Crippen molar-refractivity contribution in [1.29, 1.82) is 0 Å². The Morgan fingerprint density at radius 2 is 2.19 bits per heavy atom. The standard InChI is InChI=1S/C10H12N2O4/c1-16-6-2-3-7(8(11)4-6)10(15)12-5-9(13)14/h2-4H,5,11H2,1H3,(H,12,15)(H,13,14). The molecule has 6 heteroatoms. The van der Waals surface area contributed by atoms with Gasteiger partial charge in [-0.15, -0.1) is 0 Å². The monoisotopic (exact) mass is 224 g/mol. The third kappa shape index (κ3) is 2.88. The van der Waals surface area contributed by atoms with Gasteiger partial charge in [-0.1, -0.05) is 0 Å². The molecule has 0 unspecified atom stereocenters. The number of nitrogen functional groups attached to an aromatic ring is 1. The highest BCUT2D eigenvalue weighted by molar-refractivity contribution is 6.00. The molecule has 6 nitrogen and oxygen atoms in total. The summed E-state index contributed by atoms with van der Waals surface area (Å²) in [6.45, 7) is -0.440. The molecule has 0 atom stereocenters. The summed E-state index contributed by atoms with van der Waals surface area (Å²) in [7, 11) is 1.49. The highest BCUT2D eigenvalue weighted by Gasteiger charge is 2.11. The first-order valence-corrected chi connectivity index (χ1v) is 4.48. The van der Waals surface area contributed by atoms with Gasteiger partial charge in [-0.25, -0.2) is 0 Å². The van der Waals surface area contributed by atoms with Crippen molar-refractivity contribution in [2.24, 2.45) is 0 Å². The van der Waals surface area contributed by atoms with Gasteiger partial charge in [0.1, 0.15) is 12.3 Å². The largest absolute Gasteiger partial charge is 0.497 e. The van der Waals surface area contributed by atoms with E-state index in [0.29, 0.717) is 5.75 Å². The van der Waals surface area contributed by atoms with Crippen molar-refractivity contribution in [2.75, 3.05) is 19.4 Å². The van der Waals surface area contributed by atoms with Gasteiger partial charge in [0.05, 0.1) is 12.7 Å². The summed E-state index contributed by atoms with van der Waals surface area (Å²) in [6.07, 6.45) is 0. The van der Waals surface area contributed by atoms with Crippen molar-refractivity contribution >= 4 is 17.6 Å². The molecule has 0 aromatic heterocycles. The van der Waals surface area contributed by atoms with Gasteiger partial charge >= 0.3 is 5.97 Å². The molecule has 16 heavy (non-hydrogen) atoms. The van der Waals surface area contributed by atoms with Crippen LogP contribution in [0.1, 0.15) is 10.4 Å². The fourth-order valence-corrected chi connectivity index (χ4v) is 1.13. The third-order valence-corrected chi connectivity index (χ3v) is 1.90. The smallest absolute Gasteiger partial charge is 0.322 e. The van der Waals surface area contributed by atoms with E-state index in [4.69, 9.17) is 15.6 Å². The Hall–Kier alpha value is -2.24. The Balaban J connectivity index is 2.79. The van der Waals surface area contributed by atoms with Crippen LogP contribution in [0.15, 0.2) is 18.2 Å². The molecule has 0 aliphatic rings. The molecular formula is C10H12N2O4. The Labute approximate surface area is 92.0 Å². The molecule has 0 bridgehead atoms. The molecule has 0 radical (unpaired) electrons. The minimum absolute atomic E-state index is 0.224. The number of carboxylic acid groups (broad SMARTS) is 1. The maximum Gasteiger partial charge on any atom is 0.322 e.